The molecule has 0 fully saturated rings. The molecule has 7 nitrogen and oxygen atoms in total. The molecule has 0 radical (unpaired) electrons. The highest BCUT2D eigenvalue weighted by Crippen LogP contribution is 2.25. The van der Waals surface area contributed by atoms with Crippen LogP contribution < -0.4 is 15.5 Å². The molecule has 32 heavy (non-hydrogen) atoms. The number of amides is 2. The van der Waals surface area contributed by atoms with E-state index in [-0.39, 0.29) is 29.9 Å². The number of carbonyl (C=O) groups excluding carboxylic acids is 1. The van der Waals surface area contributed by atoms with E-state index in [1.807, 2.05) is 6.92 Å². The molecule has 1 heterocycles. The number of hydrogen-bond acceptors (Lipinski definition) is 5. The summed E-state index contributed by atoms with van der Waals surface area (Å²) in [7, 11) is 1.57. The van der Waals surface area contributed by atoms with Gasteiger partial charge in [-0.05, 0) is 49.4 Å². The van der Waals surface area contributed by atoms with Crippen LogP contribution in [0.15, 0.2) is 54.7 Å². The lowest BCUT2D eigenvalue weighted by Gasteiger charge is -2.23. The smallest absolute Gasteiger partial charge is 0.327 e. The van der Waals surface area contributed by atoms with Crippen molar-refractivity contribution in [2.24, 2.45) is 0 Å². The van der Waals surface area contributed by atoms with E-state index in [0.717, 1.165) is 18.2 Å². The van der Waals surface area contributed by atoms with E-state index < -0.39 is 23.5 Å². The Balaban J connectivity index is 1.88. The Morgan fingerprint density at radius 1 is 1.09 bits per heavy atom. The number of aromatic nitrogens is 2. The molecule has 2 amide bonds. The Morgan fingerprint density at radius 2 is 1.81 bits per heavy atom. The molecule has 168 valence electrons. The molecule has 0 aliphatic heterocycles. The molecule has 0 spiro atoms. The first kappa shape index (κ1) is 23.0. The molecule has 0 bridgehead atoms. The third-order valence-corrected chi connectivity index (χ3v) is 4.39. The second kappa shape index (κ2) is 10.6. The van der Waals surface area contributed by atoms with E-state index in [0.29, 0.717) is 12.3 Å². The summed E-state index contributed by atoms with van der Waals surface area (Å²) in [4.78, 5) is 22.7. The van der Waals surface area contributed by atoms with Gasteiger partial charge in [-0.1, -0.05) is 0 Å². The van der Waals surface area contributed by atoms with Gasteiger partial charge in [0.05, 0.1) is 12.3 Å². The fraction of sp³-hybridized carbons (Fsp3) is 0.227. The summed E-state index contributed by atoms with van der Waals surface area (Å²) in [6.45, 7) is 2.02. The number of urea groups is 1. The number of benzene rings is 2. The monoisotopic (exact) mass is 445 g/mol. The van der Waals surface area contributed by atoms with Crippen molar-refractivity contribution < 1.29 is 22.7 Å². The highest BCUT2D eigenvalue weighted by Gasteiger charge is 2.21. The summed E-state index contributed by atoms with van der Waals surface area (Å²) in [5.41, 5.74) is 0.300. The van der Waals surface area contributed by atoms with Crippen molar-refractivity contribution in [1.82, 2.24) is 15.3 Å². The lowest BCUT2D eigenvalue weighted by atomic mass is 10.2. The summed E-state index contributed by atoms with van der Waals surface area (Å²) in [5.74, 6) is -1.31. The number of anilines is 3. The first-order chi connectivity index (χ1) is 15.4. The number of nitrogens with one attached hydrogen (secondary N) is 2. The van der Waals surface area contributed by atoms with E-state index in [1.54, 1.807) is 7.11 Å². The summed E-state index contributed by atoms with van der Waals surface area (Å²) in [5, 5.41) is 5.60. The molecule has 1 atom stereocenters. The SMILES string of the molecule is COCC(C)Nc1nccc(N(C(=O)NCc2cc(F)ccc2F)c2ccc(F)cc2)n1. The molecule has 0 saturated carbocycles. The Kier molecular flexibility index (Phi) is 7.61. The molecular weight excluding hydrogens is 423 g/mol. The molecular formula is C22H22F3N5O2. The van der Waals surface area contributed by atoms with Crippen molar-refractivity contribution >= 4 is 23.5 Å². The third kappa shape index (κ3) is 5.94. The van der Waals surface area contributed by atoms with Gasteiger partial charge < -0.3 is 15.4 Å². The van der Waals surface area contributed by atoms with Crippen molar-refractivity contribution in [3.8, 4) is 0 Å². The average molecular weight is 445 g/mol. The van der Waals surface area contributed by atoms with Crippen molar-refractivity contribution in [2.75, 3.05) is 23.9 Å². The molecule has 0 aliphatic carbocycles. The lowest BCUT2D eigenvalue weighted by Crippen LogP contribution is -2.37. The quantitative estimate of drug-likeness (QED) is 0.538. The second-order valence-corrected chi connectivity index (χ2v) is 6.95. The zero-order valence-corrected chi connectivity index (χ0v) is 17.5. The van der Waals surface area contributed by atoms with E-state index in [2.05, 4.69) is 20.6 Å². The van der Waals surface area contributed by atoms with E-state index in [4.69, 9.17) is 4.74 Å². The zero-order valence-electron chi connectivity index (χ0n) is 17.5. The van der Waals surface area contributed by atoms with Crippen LogP contribution in [0.4, 0.5) is 35.4 Å². The van der Waals surface area contributed by atoms with Crippen LogP contribution in [-0.4, -0.2) is 35.8 Å². The first-order valence-corrected chi connectivity index (χ1v) is 9.73. The van der Waals surface area contributed by atoms with Gasteiger partial charge in [0.25, 0.3) is 0 Å². The van der Waals surface area contributed by atoms with E-state index in [1.165, 1.54) is 41.4 Å². The number of halogens is 3. The molecule has 1 aromatic heterocycles. The van der Waals surface area contributed by atoms with Gasteiger partial charge in [0.15, 0.2) is 0 Å². The third-order valence-electron chi connectivity index (χ3n) is 4.39. The zero-order chi connectivity index (χ0) is 23.1. The van der Waals surface area contributed by atoms with Crippen LogP contribution in [0.25, 0.3) is 0 Å². The number of nitrogens with zero attached hydrogens (tertiary/aromatic N) is 3. The number of ether oxygens (including phenoxy) is 1. The van der Waals surface area contributed by atoms with Crippen LogP contribution in [0.1, 0.15) is 12.5 Å². The van der Waals surface area contributed by atoms with Gasteiger partial charge >= 0.3 is 6.03 Å². The van der Waals surface area contributed by atoms with Gasteiger partial charge in [0, 0.05) is 37.5 Å². The fourth-order valence-corrected chi connectivity index (χ4v) is 2.93. The van der Waals surface area contributed by atoms with E-state index in [9.17, 15) is 18.0 Å². The van der Waals surface area contributed by atoms with Gasteiger partial charge in [-0.2, -0.15) is 4.98 Å². The Morgan fingerprint density at radius 3 is 2.53 bits per heavy atom. The Hall–Kier alpha value is -3.66. The predicted octanol–water partition coefficient (Wildman–Crippen LogP) is 4.39. The average Bonchev–Trinajstić information content (AvgIpc) is 2.76. The van der Waals surface area contributed by atoms with Crippen molar-refractivity contribution in [3.63, 3.8) is 0 Å². The summed E-state index contributed by atoms with van der Waals surface area (Å²) >= 11 is 0. The van der Waals surface area contributed by atoms with Gasteiger partial charge in [-0.25, -0.2) is 27.8 Å². The summed E-state index contributed by atoms with van der Waals surface area (Å²) in [6.07, 6.45) is 1.46. The van der Waals surface area contributed by atoms with Gasteiger partial charge in [0.2, 0.25) is 5.95 Å². The lowest BCUT2D eigenvalue weighted by molar-refractivity contribution is 0.190. The Labute approximate surface area is 183 Å². The molecule has 2 N–H and O–H groups in total. The van der Waals surface area contributed by atoms with Gasteiger partial charge in [-0.3, -0.25) is 0 Å². The van der Waals surface area contributed by atoms with Gasteiger partial charge in [-0.15, -0.1) is 0 Å². The highest BCUT2D eigenvalue weighted by atomic mass is 19.1. The normalized spacial score (nSPS) is 11.7. The maximum absolute atomic E-state index is 13.9. The minimum absolute atomic E-state index is 0.0177. The van der Waals surface area contributed by atoms with Crippen molar-refractivity contribution in [2.45, 2.75) is 19.5 Å². The molecule has 2 aromatic carbocycles. The largest absolute Gasteiger partial charge is 0.383 e. The molecule has 0 aliphatic rings. The minimum atomic E-state index is -0.671. The first-order valence-electron chi connectivity index (χ1n) is 9.73. The van der Waals surface area contributed by atoms with E-state index >= 15 is 0 Å². The molecule has 3 rings (SSSR count). The maximum Gasteiger partial charge on any atom is 0.327 e. The van der Waals surface area contributed by atoms with Crippen LogP contribution in [0.5, 0.6) is 0 Å². The molecule has 3 aromatic rings. The topological polar surface area (TPSA) is 79.4 Å². The predicted molar refractivity (Wildman–Crippen MR) is 114 cm³/mol. The summed E-state index contributed by atoms with van der Waals surface area (Å²) in [6, 6.07) is 8.91. The number of rotatable bonds is 8. The van der Waals surface area contributed by atoms with Crippen LogP contribution in [0.2, 0.25) is 0 Å². The minimum Gasteiger partial charge on any atom is -0.383 e. The second-order valence-electron chi connectivity index (χ2n) is 6.95. The van der Waals surface area contributed by atoms with Crippen molar-refractivity contribution in [1.29, 1.82) is 0 Å². The molecule has 10 heteroatoms. The standard InChI is InChI=1S/C22H22F3N5O2/c1-14(13-32-2)28-21-26-10-9-20(29-21)30(18-6-3-16(23)4-7-18)22(31)27-12-15-11-17(24)5-8-19(15)25/h3-11,14H,12-13H2,1-2H3,(H,27,31)(H,26,28,29). The van der Waals surface area contributed by atoms with Gasteiger partial charge in [0.1, 0.15) is 23.3 Å². The summed E-state index contributed by atoms with van der Waals surface area (Å²) < 4.78 is 45.9. The number of hydrogen-bond donors (Lipinski definition) is 2. The van der Waals surface area contributed by atoms with Crippen LogP contribution in [-0.2, 0) is 11.3 Å². The van der Waals surface area contributed by atoms with Crippen LogP contribution >= 0.6 is 0 Å². The fourth-order valence-electron chi connectivity index (χ4n) is 2.93. The maximum atomic E-state index is 13.9. The number of methoxy groups -OCH3 is 1. The highest BCUT2D eigenvalue weighted by molar-refractivity contribution is 5.98. The van der Waals surface area contributed by atoms with Crippen LogP contribution in [0.3, 0.4) is 0 Å². The Bertz CT molecular complexity index is 1070. The van der Waals surface area contributed by atoms with Crippen LogP contribution in [0, 0.1) is 17.5 Å². The molecule has 1 unspecified atom stereocenters. The number of carbonyl (C=O) groups is 1. The van der Waals surface area contributed by atoms with Crippen molar-refractivity contribution in [3.05, 3.63) is 77.7 Å². The molecule has 0 saturated heterocycles.